The van der Waals surface area contributed by atoms with Gasteiger partial charge in [0.1, 0.15) is 0 Å². The Morgan fingerprint density at radius 1 is 1.12 bits per heavy atom. The Hall–Kier alpha value is -0.120. The van der Waals surface area contributed by atoms with Gasteiger partial charge in [-0.25, -0.2) is 0 Å². The Kier molecular flexibility index (Phi) is 4.62. The molecule has 2 unspecified atom stereocenters. The van der Waals surface area contributed by atoms with E-state index in [1.165, 1.54) is 19.3 Å². The highest BCUT2D eigenvalue weighted by atomic mass is 16.5. The van der Waals surface area contributed by atoms with E-state index in [1.54, 1.807) is 0 Å². The number of aliphatic hydroxyl groups excluding tert-OH is 1. The normalized spacial score (nSPS) is 34.1. The number of hydrogen-bond acceptors (Lipinski definition) is 3. The van der Waals surface area contributed by atoms with Crippen LogP contribution in [0.2, 0.25) is 0 Å². The van der Waals surface area contributed by atoms with Gasteiger partial charge >= 0.3 is 0 Å². The monoisotopic (exact) mass is 227 g/mol. The van der Waals surface area contributed by atoms with Crippen molar-refractivity contribution in [3.05, 3.63) is 0 Å². The molecule has 0 bridgehead atoms. The first-order chi connectivity index (χ1) is 7.79. The third kappa shape index (κ3) is 3.19. The van der Waals surface area contributed by atoms with Gasteiger partial charge < -0.3 is 14.7 Å². The van der Waals surface area contributed by atoms with Crippen molar-refractivity contribution >= 4 is 0 Å². The molecule has 2 fully saturated rings. The van der Waals surface area contributed by atoms with E-state index in [9.17, 15) is 5.11 Å². The summed E-state index contributed by atoms with van der Waals surface area (Å²) in [6.07, 6.45) is 7.46. The predicted molar refractivity (Wildman–Crippen MR) is 64.4 cm³/mol. The summed E-state index contributed by atoms with van der Waals surface area (Å²) in [6.45, 7) is 3.38. The molecule has 94 valence electrons. The summed E-state index contributed by atoms with van der Waals surface area (Å²) in [5.74, 6) is 0.521. The summed E-state index contributed by atoms with van der Waals surface area (Å²) < 4.78 is 5.37. The van der Waals surface area contributed by atoms with Gasteiger partial charge in [-0.2, -0.15) is 0 Å². The van der Waals surface area contributed by atoms with Crippen LogP contribution in [0.1, 0.15) is 38.5 Å². The average Bonchev–Trinajstić information content (AvgIpc) is 2.33. The van der Waals surface area contributed by atoms with Crippen LogP contribution in [0, 0.1) is 5.92 Å². The van der Waals surface area contributed by atoms with Crippen LogP contribution in [0.5, 0.6) is 0 Å². The molecule has 0 spiro atoms. The van der Waals surface area contributed by atoms with Gasteiger partial charge in [0.25, 0.3) is 0 Å². The zero-order valence-corrected chi connectivity index (χ0v) is 10.4. The highest BCUT2D eigenvalue weighted by molar-refractivity contribution is 4.80. The van der Waals surface area contributed by atoms with Crippen LogP contribution in [0.3, 0.4) is 0 Å². The van der Waals surface area contributed by atoms with Crippen molar-refractivity contribution in [2.75, 3.05) is 26.7 Å². The van der Waals surface area contributed by atoms with Crippen molar-refractivity contribution in [3.8, 4) is 0 Å². The minimum Gasteiger partial charge on any atom is -0.393 e. The van der Waals surface area contributed by atoms with Gasteiger partial charge in [0.15, 0.2) is 0 Å². The predicted octanol–water partition coefficient (Wildman–Crippen LogP) is 1.65. The van der Waals surface area contributed by atoms with E-state index in [1.807, 2.05) is 7.11 Å². The molecule has 2 atom stereocenters. The van der Waals surface area contributed by atoms with Crippen LogP contribution in [0.15, 0.2) is 0 Å². The lowest BCUT2D eigenvalue weighted by molar-refractivity contribution is 0.0114. The molecule has 0 aromatic rings. The summed E-state index contributed by atoms with van der Waals surface area (Å²) in [5.41, 5.74) is 0. The fourth-order valence-corrected chi connectivity index (χ4v) is 3.06. The van der Waals surface area contributed by atoms with Crippen LogP contribution >= 0.6 is 0 Å². The SMILES string of the molecule is COC1CCN(CC2CCCCC2O)CC1. The van der Waals surface area contributed by atoms with Gasteiger partial charge in [0.05, 0.1) is 12.2 Å². The van der Waals surface area contributed by atoms with Gasteiger partial charge in [0.2, 0.25) is 0 Å². The van der Waals surface area contributed by atoms with E-state index in [2.05, 4.69) is 4.90 Å². The Bertz CT molecular complexity index is 202. The summed E-state index contributed by atoms with van der Waals surface area (Å²) in [6, 6.07) is 0. The molecule has 0 amide bonds. The van der Waals surface area contributed by atoms with Crippen LogP contribution in [0.25, 0.3) is 0 Å². The van der Waals surface area contributed by atoms with Crippen molar-refractivity contribution in [2.24, 2.45) is 5.92 Å². The maximum Gasteiger partial charge on any atom is 0.0595 e. The van der Waals surface area contributed by atoms with Gasteiger partial charge in [-0.1, -0.05) is 12.8 Å². The van der Waals surface area contributed by atoms with Crippen LogP contribution in [-0.2, 0) is 4.74 Å². The summed E-state index contributed by atoms with van der Waals surface area (Å²) in [4.78, 5) is 2.51. The largest absolute Gasteiger partial charge is 0.393 e. The first-order valence-corrected chi connectivity index (χ1v) is 6.73. The fourth-order valence-electron chi connectivity index (χ4n) is 3.06. The first-order valence-electron chi connectivity index (χ1n) is 6.73. The molecule has 2 rings (SSSR count). The second-order valence-corrected chi connectivity index (χ2v) is 5.35. The summed E-state index contributed by atoms with van der Waals surface area (Å²) >= 11 is 0. The third-order valence-electron chi connectivity index (χ3n) is 4.23. The third-order valence-corrected chi connectivity index (χ3v) is 4.23. The lowest BCUT2D eigenvalue weighted by Crippen LogP contribution is -2.42. The standard InChI is InChI=1S/C13H25NO2/c1-16-12-6-8-14(9-7-12)10-11-4-2-3-5-13(11)15/h11-13,15H,2-10H2,1H3. The van der Waals surface area contributed by atoms with E-state index in [-0.39, 0.29) is 6.10 Å². The highest BCUT2D eigenvalue weighted by Gasteiger charge is 2.27. The Balaban J connectivity index is 1.73. The number of ether oxygens (including phenoxy) is 1. The fraction of sp³-hybridized carbons (Fsp3) is 1.00. The number of piperidine rings is 1. The summed E-state index contributed by atoms with van der Waals surface area (Å²) in [7, 11) is 1.81. The molecule has 0 aromatic heterocycles. The Morgan fingerprint density at radius 2 is 1.81 bits per heavy atom. The maximum absolute atomic E-state index is 9.95. The Labute approximate surface area is 98.8 Å². The lowest BCUT2D eigenvalue weighted by Gasteiger charge is -2.36. The molecular weight excluding hydrogens is 202 g/mol. The van der Waals surface area contributed by atoms with Crippen molar-refractivity contribution in [2.45, 2.75) is 50.7 Å². The van der Waals surface area contributed by atoms with Crippen molar-refractivity contribution in [3.63, 3.8) is 0 Å². The lowest BCUT2D eigenvalue weighted by atomic mass is 9.86. The number of rotatable bonds is 3. The van der Waals surface area contributed by atoms with Gasteiger partial charge in [0, 0.05) is 26.7 Å². The molecule has 0 radical (unpaired) electrons. The van der Waals surface area contributed by atoms with Crippen LogP contribution in [0.4, 0.5) is 0 Å². The molecule has 1 saturated carbocycles. The molecule has 1 aliphatic heterocycles. The van der Waals surface area contributed by atoms with E-state index < -0.39 is 0 Å². The molecule has 0 aromatic carbocycles. The van der Waals surface area contributed by atoms with Crippen molar-refractivity contribution in [1.82, 2.24) is 4.90 Å². The van der Waals surface area contributed by atoms with Gasteiger partial charge in [-0.15, -0.1) is 0 Å². The molecule has 16 heavy (non-hydrogen) atoms. The van der Waals surface area contributed by atoms with Crippen molar-refractivity contribution < 1.29 is 9.84 Å². The molecule has 1 aliphatic carbocycles. The van der Waals surface area contributed by atoms with Crippen LogP contribution < -0.4 is 0 Å². The topological polar surface area (TPSA) is 32.7 Å². The van der Waals surface area contributed by atoms with E-state index in [4.69, 9.17) is 4.74 Å². The minimum absolute atomic E-state index is 0.0473. The molecule has 1 saturated heterocycles. The second-order valence-electron chi connectivity index (χ2n) is 5.35. The van der Waals surface area contributed by atoms with Gasteiger partial charge in [-0.3, -0.25) is 0 Å². The second kappa shape index (κ2) is 5.99. The van der Waals surface area contributed by atoms with E-state index >= 15 is 0 Å². The number of aliphatic hydroxyl groups is 1. The number of nitrogens with zero attached hydrogens (tertiary/aromatic N) is 1. The average molecular weight is 227 g/mol. The smallest absolute Gasteiger partial charge is 0.0595 e. The Morgan fingerprint density at radius 3 is 2.44 bits per heavy atom. The summed E-state index contributed by atoms with van der Waals surface area (Å²) in [5, 5.41) is 9.95. The van der Waals surface area contributed by atoms with Crippen molar-refractivity contribution in [1.29, 1.82) is 0 Å². The first kappa shape index (κ1) is 12.3. The number of hydrogen-bond donors (Lipinski definition) is 1. The molecule has 1 N–H and O–H groups in total. The molecule has 2 aliphatic rings. The molecular formula is C13H25NO2. The number of likely N-dealkylation sites (tertiary alicyclic amines) is 1. The maximum atomic E-state index is 9.95. The van der Waals surface area contributed by atoms with Gasteiger partial charge in [-0.05, 0) is 31.6 Å². The minimum atomic E-state index is -0.0473. The quantitative estimate of drug-likeness (QED) is 0.795. The highest BCUT2D eigenvalue weighted by Crippen LogP contribution is 2.26. The molecule has 1 heterocycles. The molecule has 3 nitrogen and oxygen atoms in total. The van der Waals surface area contributed by atoms with E-state index in [0.717, 1.165) is 38.9 Å². The number of methoxy groups -OCH3 is 1. The van der Waals surface area contributed by atoms with Crippen LogP contribution in [-0.4, -0.2) is 49.0 Å². The zero-order valence-electron chi connectivity index (χ0n) is 10.4. The zero-order chi connectivity index (χ0) is 11.4. The van der Waals surface area contributed by atoms with E-state index in [0.29, 0.717) is 12.0 Å². The molecule has 3 heteroatoms.